The van der Waals surface area contributed by atoms with Crippen LogP contribution in [0.2, 0.25) is 0 Å². The van der Waals surface area contributed by atoms with E-state index >= 15 is 0 Å². The fourth-order valence-electron chi connectivity index (χ4n) is 4.14. The number of hydrogen-bond acceptors (Lipinski definition) is 5. The second kappa shape index (κ2) is 8.73. The number of nitro groups is 1. The molecular formula is C24H26N4O3. The van der Waals surface area contributed by atoms with Gasteiger partial charge in [0, 0.05) is 58.4 Å². The van der Waals surface area contributed by atoms with Crippen LogP contribution >= 0.6 is 0 Å². The number of piperazine rings is 1. The first-order chi connectivity index (χ1) is 14.9. The lowest BCUT2D eigenvalue weighted by Gasteiger charge is -2.35. The first-order valence-corrected chi connectivity index (χ1v) is 10.4. The standard InChI is InChI=1S/C24H26N4O3/c1-25(2)22-11-10-19(16-23(22)28(30)31)24(29)27-14-12-26(13-15-27)17-20-8-5-7-18-6-3-4-9-21(18)20/h3-11,16H,12-15,17H2,1-2H3. The number of hydrogen-bond donors (Lipinski definition) is 0. The largest absolute Gasteiger partial charge is 0.372 e. The molecule has 3 aromatic rings. The Morgan fingerprint density at radius 2 is 1.71 bits per heavy atom. The van der Waals surface area contributed by atoms with Crippen molar-refractivity contribution in [3.63, 3.8) is 0 Å². The minimum atomic E-state index is -0.436. The number of anilines is 1. The van der Waals surface area contributed by atoms with Crippen LogP contribution in [0.25, 0.3) is 10.8 Å². The smallest absolute Gasteiger partial charge is 0.293 e. The Kier molecular flexibility index (Phi) is 5.86. The molecule has 31 heavy (non-hydrogen) atoms. The predicted octanol–water partition coefficient (Wildman–Crippen LogP) is 3.77. The number of nitro benzene ring substituents is 1. The molecule has 7 nitrogen and oxygen atoms in total. The number of amides is 1. The lowest BCUT2D eigenvalue weighted by Crippen LogP contribution is -2.48. The molecule has 0 radical (unpaired) electrons. The van der Waals surface area contributed by atoms with E-state index in [-0.39, 0.29) is 11.6 Å². The highest BCUT2D eigenvalue weighted by atomic mass is 16.6. The van der Waals surface area contributed by atoms with Crippen molar-refractivity contribution in [1.29, 1.82) is 0 Å². The molecule has 0 aromatic heterocycles. The van der Waals surface area contributed by atoms with Crippen LogP contribution in [0.3, 0.4) is 0 Å². The molecule has 0 spiro atoms. The normalized spacial score (nSPS) is 14.6. The number of rotatable bonds is 5. The first-order valence-electron chi connectivity index (χ1n) is 10.4. The van der Waals surface area contributed by atoms with Gasteiger partial charge in [0.25, 0.3) is 11.6 Å². The van der Waals surface area contributed by atoms with E-state index in [0.29, 0.717) is 24.3 Å². The van der Waals surface area contributed by atoms with Crippen molar-refractivity contribution in [2.75, 3.05) is 45.2 Å². The third kappa shape index (κ3) is 4.36. The molecule has 7 heteroatoms. The van der Waals surface area contributed by atoms with E-state index in [1.807, 2.05) is 6.07 Å². The predicted molar refractivity (Wildman–Crippen MR) is 123 cm³/mol. The second-order valence-electron chi connectivity index (χ2n) is 8.06. The highest BCUT2D eigenvalue weighted by Gasteiger charge is 2.25. The molecule has 160 valence electrons. The summed E-state index contributed by atoms with van der Waals surface area (Å²) in [5.41, 5.74) is 2.08. The maximum absolute atomic E-state index is 13.0. The molecule has 0 N–H and O–H groups in total. The third-order valence-corrected chi connectivity index (χ3v) is 5.83. The molecule has 0 atom stereocenters. The van der Waals surface area contributed by atoms with E-state index in [0.717, 1.165) is 19.6 Å². The summed E-state index contributed by atoms with van der Waals surface area (Å²) in [6.45, 7) is 3.59. The molecule has 0 saturated carbocycles. The highest BCUT2D eigenvalue weighted by Crippen LogP contribution is 2.28. The molecule has 1 aliphatic heterocycles. The molecule has 1 aliphatic rings. The summed E-state index contributed by atoms with van der Waals surface area (Å²) < 4.78 is 0. The van der Waals surface area contributed by atoms with Gasteiger partial charge in [0.05, 0.1) is 4.92 Å². The Morgan fingerprint density at radius 3 is 2.42 bits per heavy atom. The Balaban J connectivity index is 1.43. The lowest BCUT2D eigenvalue weighted by molar-refractivity contribution is -0.384. The summed E-state index contributed by atoms with van der Waals surface area (Å²) in [7, 11) is 3.50. The molecule has 0 unspecified atom stereocenters. The topological polar surface area (TPSA) is 69.9 Å². The lowest BCUT2D eigenvalue weighted by atomic mass is 10.0. The van der Waals surface area contributed by atoms with Crippen molar-refractivity contribution in [2.24, 2.45) is 0 Å². The summed E-state index contributed by atoms with van der Waals surface area (Å²) >= 11 is 0. The van der Waals surface area contributed by atoms with Gasteiger partial charge in [-0.3, -0.25) is 19.8 Å². The second-order valence-corrected chi connectivity index (χ2v) is 8.06. The quantitative estimate of drug-likeness (QED) is 0.466. The van der Waals surface area contributed by atoms with E-state index in [4.69, 9.17) is 0 Å². The van der Waals surface area contributed by atoms with Gasteiger partial charge in [-0.1, -0.05) is 42.5 Å². The molecular weight excluding hydrogens is 392 g/mol. The Hall–Kier alpha value is -3.45. The van der Waals surface area contributed by atoms with Crippen molar-refractivity contribution in [3.05, 3.63) is 81.9 Å². The van der Waals surface area contributed by atoms with Gasteiger partial charge in [-0.05, 0) is 28.5 Å². The first kappa shape index (κ1) is 20.8. The number of carbonyl (C=O) groups excluding carboxylic acids is 1. The molecule has 0 bridgehead atoms. The van der Waals surface area contributed by atoms with Crippen molar-refractivity contribution in [2.45, 2.75) is 6.54 Å². The van der Waals surface area contributed by atoms with Gasteiger partial charge in [0.2, 0.25) is 0 Å². The van der Waals surface area contributed by atoms with Crippen LogP contribution in [-0.2, 0) is 6.54 Å². The molecule has 3 aromatic carbocycles. The monoisotopic (exact) mass is 418 g/mol. The molecule has 1 saturated heterocycles. The number of fused-ring (bicyclic) bond motifs is 1. The van der Waals surface area contributed by atoms with Crippen molar-refractivity contribution >= 4 is 28.1 Å². The van der Waals surface area contributed by atoms with Crippen LogP contribution < -0.4 is 4.90 Å². The number of carbonyl (C=O) groups is 1. The molecule has 1 amide bonds. The third-order valence-electron chi connectivity index (χ3n) is 5.83. The average Bonchev–Trinajstić information content (AvgIpc) is 2.79. The van der Waals surface area contributed by atoms with Gasteiger partial charge < -0.3 is 9.80 Å². The average molecular weight is 418 g/mol. The molecule has 1 heterocycles. The maximum Gasteiger partial charge on any atom is 0.293 e. The highest BCUT2D eigenvalue weighted by molar-refractivity contribution is 5.96. The summed E-state index contributed by atoms with van der Waals surface area (Å²) in [5.74, 6) is -0.154. The summed E-state index contributed by atoms with van der Waals surface area (Å²) in [6.07, 6.45) is 0. The Labute approximate surface area is 181 Å². The van der Waals surface area contributed by atoms with Crippen LogP contribution in [0.4, 0.5) is 11.4 Å². The maximum atomic E-state index is 13.0. The zero-order valence-corrected chi connectivity index (χ0v) is 17.8. The van der Waals surface area contributed by atoms with Crippen LogP contribution in [0.1, 0.15) is 15.9 Å². The van der Waals surface area contributed by atoms with Crippen molar-refractivity contribution in [3.8, 4) is 0 Å². The van der Waals surface area contributed by atoms with Crippen molar-refractivity contribution < 1.29 is 9.72 Å². The van der Waals surface area contributed by atoms with Gasteiger partial charge in [0.1, 0.15) is 5.69 Å². The zero-order chi connectivity index (χ0) is 22.0. The Morgan fingerprint density at radius 1 is 1.00 bits per heavy atom. The van der Waals surface area contributed by atoms with Gasteiger partial charge in [-0.25, -0.2) is 0 Å². The summed E-state index contributed by atoms with van der Waals surface area (Å²) in [4.78, 5) is 29.8. The number of nitrogens with zero attached hydrogens (tertiary/aromatic N) is 4. The van der Waals surface area contributed by atoms with Crippen LogP contribution in [-0.4, -0.2) is 60.9 Å². The number of benzene rings is 3. The Bertz CT molecular complexity index is 1120. The molecule has 0 aliphatic carbocycles. The fraction of sp³-hybridized carbons (Fsp3) is 0.292. The SMILES string of the molecule is CN(C)c1ccc(C(=O)N2CCN(Cc3cccc4ccccc34)CC2)cc1[N+](=O)[O-]. The fourth-order valence-corrected chi connectivity index (χ4v) is 4.14. The minimum absolute atomic E-state index is 0.0505. The van der Waals surface area contributed by atoms with E-state index in [9.17, 15) is 14.9 Å². The van der Waals surface area contributed by atoms with Gasteiger partial charge in [-0.15, -0.1) is 0 Å². The molecule has 4 rings (SSSR count). The van der Waals surface area contributed by atoms with Crippen molar-refractivity contribution in [1.82, 2.24) is 9.80 Å². The van der Waals surface area contributed by atoms with E-state index in [1.165, 1.54) is 22.4 Å². The van der Waals surface area contributed by atoms with Crippen LogP contribution in [0, 0.1) is 10.1 Å². The minimum Gasteiger partial charge on any atom is -0.372 e. The van der Waals surface area contributed by atoms with Gasteiger partial charge >= 0.3 is 0 Å². The van der Waals surface area contributed by atoms with Crippen LogP contribution in [0.5, 0.6) is 0 Å². The zero-order valence-electron chi connectivity index (χ0n) is 17.8. The van der Waals surface area contributed by atoms with Gasteiger partial charge in [0.15, 0.2) is 0 Å². The van der Waals surface area contributed by atoms with Gasteiger partial charge in [-0.2, -0.15) is 0 Å². The molecule has 1 fully saturated rings. The van der Waals surface area contributed by atoms with E-state index in [2.05, 4.69) is 41.3 Å². The van der Waals surface area contributed by atoms with E-state index < -0.39 is 4.92 Å². The summed E-state index contributed by atoms with van der Waals surface area (Å²) in [5, 5.41) is 13.9. The van der Waals surface area contributed by atoms with E-state index in [1.54, 1.807) is 36.0 Å². The summed E-state index contributed by atoms with van der Waals surface area (Å²) in [6, 6.07) is 19.4. The van der Waals surface area contributed by atoms with Crippen LogP contribution in [0.15, 0.2) is 60.7 Å².